The van der Waals surface area contributed by atoms with Crippen LogP contribution in [-0.4, -0.2) is 10.1 Å². The average molecular weight is 294 g/mol. The third-order valence-corrected chi connectivity index (χ3v) is 3.05. The molecule has 5 heteroatoms. The Kier molecular flexibility index (Phi) is 4.37. The van der Waals surface area contributed by atoms with Gasteiger partial charge in [-0.3, -0.25) is 0 Å². The van der Waals surface area contributed by atoms with Gasteiger partial charge in [0.25, 0.3) is 0 Å². The fraction of sp³-hybridized carbons (Fsp3) is 0.0714. The molecule has 0 radical (unpaired) electrons. The van der Waals surface area contributed by atoms with E-state index < -0.39 is 0 Å². The number of rotatable bonds is 4. The summed E-state index contributed by atoms with van der Waals surface area (Å²) in [6, 6.07) is 12.3. The molecule has 3 N–H and O–H groups in total. The van der Waals surface area contributed by atoms with E-state index in [4.69, 9.17) is 39.4 Å². The molecule has 2 aromatic rings. The molecular formula is C14H12ClNO2S. The number of ether oxygens (including phenoxy) is 1. The van der Waals surface area contributed by atoms with Crippen molar-refractivity contribution >= 4 is 28.8 Å². The molecule has 0 unspecified atom stereocenters. The van der Waals surface area contributed by atoms with Gasteiger partial charge >= 0.3 is 0 Å². The van der Waals surface area contributed by atoms with E-state index in [1.54, 1.807) is 42.5 Å². The highest BCUT2D eigenvalue weighted by Gasteiger charge is 2.11. The van der Waals surface area contributed by atoms with Gasteiger partial charge in [0, 0.05) is 0 Å². The maximum absolute atomic E-state index is 9.10. The normalized spacial score (nSPS) is 10.2. The Bertz CT molecular complexity index is 616. The van der Waals surface area contributed by atoms with Gasteiger partial charge in [-0.25, -0.2) is 0 Å². The first-order valence-electron chi connectivity index (χ1n) is 5.58. The van der Waals surface area contributed by atoms with Gasteiger partial charge < -0.3 is 15.6 Å². The lowest BCUT2D eigenvalue weighted by molar-refractivity contribution is 0.281. The smallest absolute Gasteiger partial charge is 0.139 e. The summed E-state index contributed by atoms with van der Waals surface area (Å²) in [5.74, 6) is 1.08. The van der Waals surface area contributed by atoms with Gasteiger partial charge in [0.15, 0.2) is 0 Å². The first kappa shape index (κ1) is 13.8. The van der Waals surface area contributed by atoms with Crippen molar-refractivity contribution < 1.29 is 9.84 Å². The number of halogens is 1. The second-order valence-corrected chi connectivity index (χ2v) is 4.73. The van der Waals surface area contributed by atoms with Crippen molar-refractivity contribution in [3.8, 4) is 11.5 Å². The summed E-state index contributed by atoms with van der Waals surface area (Å²) in [7, 11) is 0. The van der Waals surface area contributed by atoms with Gasteiger partial charge in [-0.2, -0.15) is 0 Å². The minimum absolute atomic E-state index is 0.0467. The predicted octanol–water partition coefficient (Wildman–Crippen LogP) is 3.26. The molecule has 0 amide bonds. The first-order chi connectivity index (χ1) is 9.11. The van der Waals surface area contributed by atoms with Gasteiger partial charge in [-0.15, -0.1) is 0 Å². The number of aliphatic hydroxyl groups is 1. The molecule has 0 atom stereocenters. The predicted molar refractivity (Wildman–Crippen MR) is 79.8 cm³/mol. The molecule has 0 aliphatic carbocycles. The maximum Gasteiger partial charge on any atom is 0.139 e. The minimum atomic E-state index is -0.0467. The number of hydrogen-bond donors (Lipinski definition) is 2. The largest absolute Gasteiger partial charge is 0.457 e. The monoisotopic (exact) mass is 293 g/mol. The van der Waals surface area contributed by atoms with Gasteiger partial charge in [0.2, 0.25) is 0 Å². The standard InChI is InChI=1S/C14H12ClNO2S/c15-11-5-2-6-12(13(11)14(16)19)18-10-4-1-3-9(7-10)8-17/h1-7,17H,8H2,(H2,16,19). The topological polar surface area (TPSA) is 55.5 Å². The van der Waals surface area contributed by atoms with E-state index in [0.717, 1.165) is 5.56 Å². The molecule has 3 nitrogen and oxygen atoms in total. The molecular weight excluding hydrogens is 282 g/mol. The minimum Gasteiger partial charge on any atom is -0.457 e. The first-order valence-corrected chi connectivity index (χ1v) is 6.36. The SMILES string of the molecule is NC(=S)c1c(Cl)cccc1Oc1cccc(CO)c1. The Balaban J connectivity index is 2.38. The second kappa shape index (κ2) is 6.02. The summed E-state index contributed by atoms with van der Waals surface area (Å²) in [5.41, 5.74) is 6.92. The molecule has 0 aromatic heterocycles. The average Bonchev–Trinajstić information content (AvgIpc) is 2.38. The Morgan fingerprint density at radius 3 is 2.68 bits per heavy atom. The van der Waals surface area contributed by atoms with Crippen LogP contribution >= 0.6 is 23.8 Å². The number of hydrogen-bond acceptors (Lipinski definition) is 3. The zero-order valence-electron chi connectivity index (χ0n) is 9.97. The third kappa shape index (κ3) is 3.23. The molecule has 0 saturated carbocycles. The van der Waals surface area contributed by atoms with Crippen molar-refractivity contribution in [3.05, 3.63) is 58.6 Å². The molecule has 0 fully saturated rings. The molecule has 98 valence electrons. The highest BCUT2D eigenvalue weighted by Crippen LogP contribution is 2.30. The summed E-state index contributed by atoms with van der Waals surface area (Å²) in [6.07, 6.45) is 0. The van der Waals surface area contributed by atoms with Gasteiger partial charge in [0.1, 0.15) is 16.5 Å². The van der Waals surface area contributed by atoms with Crippen LogP contribution < -0.4 is 10.5 Å². The van der Waals surface area contributed by atoms with Crippen molar-refractivity contribution in [3.63, 3.8) is 0 Å². The summed E-state index contributed by atoms with van der Waals surface area (Å²) in [6.45, 7) is -0.0467. The second-order valence-electron chi connectivity index (χ2n) is 3.88. The summed E-state index contributed by atoms with van der Waals surface area (Å²) >= 11 is 11.0. The molecule has 0 heterocycles. The molecule has 2 rings (SSSR count). The van der Waals surface area contributed by atoms with Crippen LogP contribution in [0.3, 0.4) is 0 Å². The van der Waals surface area contributed by atoms with E-state index in [-0.39, 0.29) is 11.6 Å². The number of benzene rings is 2. The molecule has 0 saturated heterocycles. The Hall–Kier alpha value is -1.62. The molecule has 0 spiro atoms. The molecule has 0 aliphatic heterocycles. The lowest BCUT2D eigenvalue weighted by Gasteiger charge is -2.12. The highest BCUT2D eigenvalue weighted by molar-refractivity contribution is 7.80. The van der Waals surface area contributed by atoms with Crippen molar-refractivity contribution in [2.24, 2.45) is 5.73 Å². The van der Waals surface area contributed by atoms with Crippen LogP contribution in [0.1, 0.15) is 11.1 Å². The number of thiocarbonyl (C=S) groups is 1. The van der Waals surface area contributed by atoms with E-state index in [1.165, 1.54) is 0 Å². The van der Waals surface area contributed by atoms with Crippen molar-refractivity contribution in [2.45, 2.75) is 6.61 Å². The Morgan fingerprint density at radius 1 is 1.26 bits per heavy atom. The van der Waals surface area contributed by atoms with Crippen LogP contribution in [0.2, 0.25) is 5.02 Å². The highest BCUT2D eigenvalue weighted by atomic mass is 35.5. The van der Waals surface area contributed by atoms with E-state index in [9.17, 15) is 0 Å². The Labute approximate surface area is 121 Å². The van der Waals surface area contributed by atoms with Gasteiger partial charge in [-0.1, -0.05) is 42.0 Å². The van der Waals surface area contributed by atoms with Crippen LogP contribution in [0.4, 0.5) is 0 Å². The quantitative estimate of drug-likeness (QED) is 0.850. The third-order valence-electron chi connectivity index (χ3n) is 2.53. The van der Waals surface area contributed by atoms with Crippen LogP contribution in [-0.2, 0) is 6.61 Å². The molecule has 0 aliphatic rings. The number of nitrogens with two attached hydrogens (primary N) is 1. The zero-order valence-corrected chi connectivity index (χ0v) is 11.5. The summed E-state index contributed by atoms with van der Waals surface area (Å²) in [4.78, 5) is 0.180. The van der Waals surface area contributed by atoms with Gasteiger partial charge in [0.05, 0.1) is 17.2 Å². The van der Waals surface area contributed by atoms with Crippen LogP contribution in [0, 0.1) is 0 Å². The molecule has 19 heavy (non-hydrogen) atoms. The van der Waals surface area contributed by atoms with Crippen molar-refractivity contribution in [1.82, 2.24) is 0 Å². The van der Waals surface area contributed by atoms with E-state index >= 15 is 0 Å². The van der Waals surface area contributed by atoms with Crippen molar-refractivity contribution in [2.75, 3.05) is 0 Å². The van der Waals surface area contributed by atoms with Crippen LogP contribution in [0.5, 0.6) is 11.5 Å². The lowest BCUT2D eigenvalue weighted by atomic mass is 10.2. The summed E-state index contributed by atoms with van der Waals surface area (Å²) in [5, 5.41) is 9.55. The van der Waals surface area contributed by atoms with E-state index in [0.29, 0.717) is 22.1 Å². The molecule has 2 aromatic carbocycles. The van der Waals surface area contributed by atoms with E-state index in [2.05, 4.69) is 0 Å². The Morgan fingerprint density at radius 2 is 2.00 bits per heavy atom. The van der Waals surface area contributed by atoms with Gasteiger partial charge in [-0.05, 0) is 29.8 Å². The van der Waals surface area contributed by atoms with Crippen LogP contribution in [0.15, 0.2) is 42.5 Å². The number of aliphatic hydroxyl groups excluding tert-OH is 1. The lowest BCUT2D eigenvalue weighted by Crippen LogP contribution is -2.11. The molecule has 0 bridgehead atoms. The van der Waals surface area contributed by atoms with Crippen LogP contribution in [0.25, 0.3) is 0 Å². The maximum atomic E-state index is 9.10. The van der Waals surface area contributed by atoms with Crippen molar-refractivity contribution in [1.29, 1.82) is 0 Å². The summed E-state index contributed by atoms with van der Waals surface area (Å²) < 4.78 is 5.73. The van der Waals surface area contributed by atoms with E-state index in [1.807, 2.05) is 0 Å². The fourth-order valence-corrected chi connectivity index (χ4v) is 2.20. The zero-order chi connectivity index (χ0) is 13.8. The fourth-order valence-electron chi connectivity index (χ4n) is 1.66.